The lowest BCUT2D eigenvalue weighted by atomic mass is 10.2. The van der Waals surface area contributed by atoms with Crippen molar-refractivity contribution in [3.05, 3.63) is 77.3 Å². The number of nitrogens with zero attached hydrogens (tertiary/aromatic N) is 1. The minimum Gasteiger partial charge on any atom is -0.377 e. The second-order valence-corrected chi connectivity index (χ2v) is 6.49. The van der Waals surface area contributed by atoms with Gasteiger partial charge in [-0.2, -0.15) is 8.42 Å². The van der Waals surface area contributed by atoms with Gasteiger partial charge in [0, 0.05) is 11.1 Å². The van der Waals surface area contributed by atoms with Gasteiger partial charge in [0.2, 0.25) is 0 Å². The summed E-state index contributed by atoms with van der Waals surface area (Å²) in [6.45, 7) is 1.85. The van der Waals surface area contributed by atoms with Crippen molar-refractivity contribution in [2.75, 3.05) is 0 Å². The highest BCUT2D eigenvalue weighted by Gasteiger charge is 2.12. The Morgan fingerprint density at radius 1 is 0.957 bits per heavy atom. The van der Waals surface area contributed by atoms with E-state index in [1.54, 1.807) is 12.1 Å². The third kappa shape index (κ3) is 3.76. The molecule has 0 spiro atoms. The van der Waals surface area contributed by atoms with Gasteiger partial charge in [-0.05, 0) is 30.7 Å². The van der Waals surface area contributed by atoms with Crippen LogP contribution in [0, 0.1) is 6.92 Å². The van der Waals surface area contributed by atoms with Crippen LogP contribution in [-0.4, -0.2) is 13.4 Å². The SMILES string of the molecule is Cc1ccc2cccc(OS(=O)(=O)/C=C/c3ccccc3)c2n1. The fourth-order valence-electron chi connectivity index (χ4n) is 2.16. The van der Waals surface area contributed by atoms with Crippen LogP contribution in [0.4, 0.5) is 0 Å². The predicted octanol–water partition coefficient (Wildman–Crippen LogP) is 3.92. The fourth-order valence-corrected chi connectivity index (χ4v) is 2.93. The van der Waals surface area contributed by atoms with Crippen LogP contribution in [0.1, 0.15) is 11.3 Å². The van der Waals surface area contributed by atoms with Crippen LogP contribution < -0.4 is 4.18 Å². The summed E-state index contributed by atoms with van der Waals surface area (Å²) in [4.78, 5) is 4.36. The first-order chi connectivity index (χ1) is 11.0. The van der Waals surface area contributed by atoms with Crippen LogP contribution in [-0.2, 0) is 10.1 Å². The second-order valence-electron chi connectivity index (χ2n) is 5.07. The van der Waals surface area contributed by atoms with E-state index in [9.17, 15) is 8.42 Å². The van der Waals surface area contributed by atoms with Crippen LogP contribution in [0.25, 0.3) is 17.0 Å². The van der Waals surface area contributed by atoms with Crippen molar-refractivity contribution in [3.8, 4) is 5.75 Å². The predicted molar refractivity (Wildman–Crippen MR) is 91.5 cm³/mol. The number of benzene rings is 2. The lowest BCUT2D eigenvalue weighted by Crippen LogP contribution is -2.06. The van der Waals surface area contributed by atoms with Gasteiger partial charge in [-0.1, -0.05) is 48.5 Å². The maximum atomic E-state index is 12.2. The minimum atomic E-state index is -3.86. The normalized spacial score (nSPS) is 11.9. The second kappa shape index (κ2) is 6.22. The molecule has 0 atom stereocenters. The summed E-state index contributed by atoms with van der Waals surface area (Å²) in [7, 11) is -3.86. The molecule has 0 saturated carbocycles. The molecule has 0 unspecified atom stereocenters. The van der Waals surface area contributed by atoms with Crippen molar-refractivity contribution in [3.63, 3.8) is 0 Å². The molecule has 0 N–H and O–H groups in total. The molecule has 0 radical (unpaired) electrons. The van der Waals surface area contributed by atoms with E-state index in [4.69, 9.17) is 4.18 Å². The number of hydrogen-bond acceptors (Lipinski definition) is 4. The monoisotopic (exact) mass is 325 g/mol. The van der Waals surface area contributed by atoms with Crippen LogP contribution in [0.15, 0.2) is 66.1 Å². The summed E-state index contributed by atoms with van der Waals surface area (Å²) < 4.78 is 29.5. The van der Waals surface area contributed by atoms with E-state index in [1.807, 2.05) is 55.5 Å². The van der Waals surface area contributed by atoms with E-state index < -0.39 is 10.1 Å². The van der Waals surface area contributed by atoms with E-state index in [0.717, 1.165) is 22.1 Å². The van der Waals surface area contributed by atoms with Gasteiger partial charge in [0.05, 0.1) is 5.41 Å². The maximum absolute atomic E-state index is 12.2. The van der Waals surface area contributed by atoms with Gasteiger partial charge in [0.25, 0.3) is 0 Å². The van der Waals surface area contributed by atoms with Gasteiger partial charge in [-0.15, -0.1) is 0 Å². The zero-order valence-electron chi connectivity index (χ0n) is 12.5. The van der Waals surface area contributed by atoms with E-state index >= 15 is 0 Å². The molecule has 0 amide bonds. The molecule has 23 heavy (non-hydrogen) atoms. The molecule has 116 valence electrons. The number of pyridine rings is 1. The summed E-state index contributed by atoms with van der Waals surface area (Å²) in [6, 6.07) is 18.1. The van der Waals surface area contributed by atoms with E-state index in [-0.39, 0.29) is 5.75 Å². The van der Waals surface area contributed by atoms with Gasteiger partial charge in [-0.3, -0.25) is 0 Å². The van der Waals surface area contributed by atoms with Gasteiger partial charge >= 0.3 is 10.1 Å². The quantitative estimate of drug-likeness (QED) is 0.682. The molecule has 1 aromatic heterocycles. The van der Waals surface area contributed by atoms with Crippen LogP contribution >= 0.6 is 0 Å². The molecule has 0 aliphatic rings. The van der Waals surface area contributed by atoms with Gasteiger partial charge in [0.15, 0.2) is 5.75 Å². The largest absolute Gasteiger partial charge is 0.377 e. The third-order valence-corrected chi connectivity index (χ3v) is 4.14. The Kier molecular flexibility index (Phi) is 4.12. The molecular weight excluding hydrogens is 310 g/mol. The molecule has 0 saturated heterocycles. The number of fused-ring (bicyclic) bond motifs is 1. The number of aromatic nitrogens is 1. The van der Waals surface area contributed by atoms with Crippen molar-refractivity contribution >= 4 is 27.1 Å². The molecule has 0 aliphatic heterocycles. The van der Waals surface area contributed by atoms with Crippen LogP contribution in [0.5, 0.6) is 5.75 Å². The fraction of sp³-hybridized carbons (Fsp3) is 0.0556. The highest BCUT2D eigenvalue weighted by molar-refractivity contribution is 7.90. The van der Waals surface area contributed by atoms with Gasteiger partial charge < -0.3 is 4.18 Å². The minimum absolute atomic E-state index is 0.226. The van der Waals surface area contributed by atoms with Crippen LogP contribution in [0.2, 0.25) is 0 Å². The highest BCUT2D eigenvalue weighted by Crippen LogP contribution is 2.25. The average molecular weight is 325 g/mol. The Morgan fingerprint density at radius 2 is 1.74 bits per heavy atom. The summed E-state index contributed by atoms with van der Waals surface area (Å²) in [6.07, 6.45) is 1.50. The average Bonchev–Trinajstić information content (AvgIpc) is 2.54. The molecule has 3 rings (SSSR count). The van der Waals surface area contributed by atoms with Gasteiger partial charge in [0.1, 0.15) is 5.52 Å². The zero-order chi connectivity index (χ0) is 16.3. The molecule has 4 nitrogen and oxygen atoms in total. The summed E-state index contributed by atoms with van der Waals surface area (Å²) in [5.74, 6) is 0.226. The lowest BCUT2D eigenvalue weighted by molar-refractivity contribution is 0.499. The van der Waals surface area contributed by atoms with E-state index in [1.165, 1.54) is 6.08 Å². The Morgan fingerprint density at radius 3 is 2.52 bits per heavy atom. The molecule has 0 fully saturated rings. The topological polar surface area (TPSA) is 56.3 Å². The van der Waals surface area contributed by atoms with Crippen molar-refractivity contribution in [1.29, 1.82) is 0 Å². The van der Waals surface area contributed by atoms with Crippen LogP contribution in [0.3, 0.4) is 0 Å². The lowest BCUT2D eigenvalue weighted by Gasteiger charge is -2.07. The number of hydrogen-bond donors (Lipinski definition) is 0. The Hall–Kier alpha value is -2.66. The van der Waals surface area contributed by atoms with E-state index in [2.05, 4.69) is 4.98 Å². The molecule has 1 heterocycles. The summed E-state index contributed by atoms with van der Waals surface area (Å²) in [5.41, 5.74) is 2.11. The number of aryl methyl sites for hydroxylation is 1. The first-order valence-corrected chi connectivity index (χ1v) is 8.55. The molecule has 3 aromatic rings. The molecule has 0 aliphatic carbocycles. The van der Waals surface area contributed by atoms with Crippen molar-refractivity contribution in [2.45, 2.75) is 6.92 Å². The van der Waals surface area contributed by atoms with Crippen molar-refractivity contribution in [1.82, 2.24) is 4.98 Å². The number of rotatable bonds is 4. The third-order valence-electron chi connectivity index (χ3n) is 3.26. The molecular formula is C18H15NO3S. The van der Waals surface area contributed by atoms with Crippen molar-refractivity contribution in [2.24, 2.45) is 0 Å². The maximum Gasteiger partial charge on any atom is 0.332 e. The first kappa shape index (κ1) is 15.2. The smallest absolute Gasteiger partial charge is 0.332 e. The Bertz CT molecular complexity index is 964. The Balaban J connectivity index is 1.92. The van der Waals surface area contributed by atoms with E-state index in [0.29, 0.717) is 5.52 Å². The molecule has 5 heteroatoms. The van der Waals surface area contributed by atoms with Gasteiger partial charge in [-0.25, -0.2) is 4.98 Å². The highest BCUT2D eigenvalue weighted by atomic mass is 32.2. The Labute approximate surface area is 135 Å². The molecule has 0 bridgehead atoms. The zero-order valence-corrected chi connectivity index (χ0v) is 13.3. The summed E-state index contributed by atoms with van der Waals surface area (Å²) in [5, 5.41) is 1.88. The molecule has 2 aromatic carbocycles. The summed E-state index contributed by atoms with van der Waals surface area (Å²) >= 11 is 0. The standard InChI is InChI=1S/C18H15NO3S/c1-14-10-11-16-8-5-9-17(18(16)19-14)22-23(20,21)13-12-15-6-3-2-4-7-15/h2-13H,1H3/b13-12+. The number of para-hydroxylation sites is 1. The van der Waals surface area contributed by atoms with Crippen molar-refractivity contribution < 1.29 is 12.6 Å². The first-order valence-electron chi connectivity index (χ1n) is 7.07.